The standard InChI is InChI=1S/C25H30N4S/c1-7-18(8-2)20-13-16(5)28-29-23(17(6)27-25(20)29)24-19(9-3)14-22(30-24)21-12-10-11-15(4)26-21/h10-14,18H,7-9H2,1-6H3. The fourth-order valence-corrected chi connectivity index (χ4v) is 5.57. The summed E-state index contributed by atoms with van der Waals surface area (Å²) in [6, 6.07) is 10.7. The summed E-state index contributed by atoms with van der Waals surface area (Å²) < 4.78 is 2.09. The van der Waals surface area contributed by atoms with Crippen LogP contribution in [0.5, 0.6) is 0 Å². The number of fused-ring (bicyclic) bond motifs is 1. The highest BCUT2D eigenvalue weighted by molar-refractivity contribution is 7.19. The van der Waals surface area contributed by atoms with E-state index in [-0.39, 0.29) is 0 Å². The van der Waals surface area contributed by atoms with E-state index >= 15 is 0 Å². The SMILES string of the molecule is CCc1cc(-c2cccc(C)n2)sc1-c1c(C)nc2c(C(CC)CC)cc(C)nn12. The maximum Gasteiger partial charge on any atom is 0.158 e. The van der Waals surface area contributed by atoms with Crippen molar-refractivity contribution >= 4 is 17.0 Å². The molecule has 0 unspecified atom stereocenters. The second-order valence-corrected chi connectivity index (χ2v) is 9.07. The highest BCUT2D eigenvalue weighted by Gasteiger charge is 2.22. The first-order valence-electron chi connectivity index (χ1n) is 10.9. The first-order chi connectivity index (χ1) is 14.5. The van der Waals surface area contributed by atoms with Crippen LogP contribution in [0.2, 0.25) is 0 Å². The fourth-order valence-electron chi connectivity index (χ4n) is 4.27. The lowest BCUT2D eigenvalue weighted by atomic mass is 9.95. The van der Waals surface area contributed by atoms with E-state index in [1.54, 1.807) is 11.3 Å². The molecule has 0 fully saturated rings. The van der Waals surface area contributed by atoms with Crippen LogP contribution >= 0.6 is 11.3 Å². The van der Waals surface area contributed by atoms with Crippen molar-refractivity contribution in [3.8, 4) is 21.1 Å². The molecule has 5 heteroatoms. The van der Waals surface area contributed by atoms with Crippen LogP contribution in [0.1, 0.15) is 67.7 Å². The molecule has 0 aromatic carbocycles. The summed E-state index contributed by atoms with van der Waals surface area (Å²) in [7, 11) is 0. The van der Waals surface area contributed by atoms with Crippen LogP contribution in [-0.4, -0.2) is 19.6 Å². The Hall–Kier alpha value is -2.53. The van der Waals surface area contributed by atoms with E-state index < -0.39 is 0 Å². The summed E-state index contributed by atoms with van der Waals surface area (Å²) in [5, 5.41) is 4.90. The molecule has 0 saturated heterocycles. The molecule has 0 amide bonds. The highest BCUT2D eigenvalue weighted by atomic mass is 32.1. The average molecular weight is 419 g/mol. The van der Waals surface area contributed by atoms with Gasteiger partial charge in [-0.15, -0.1) is 11.3 Å². The molecule has 0 spiro atoms. The zero-order chi connectivity index (χ0) is 21.4. The van der Waals surface area contributed by atoms with Crippen LogP contribution in [0, 0.1) is 20.8 Å². The minimum Gasteiger partial charge on any atom is -0.252 e. The van der Waals surface area contributed by atoms with Crippen LogP contribution in [0.15, 0.2) is 30.3 Å². The van der Waals surface area contributed by atoms with Gasteiger partial charge in [0.05, 0.1) is 26.8 Å². The number of aryl methyl sites for hydroxylation is 4. The van der Waals surface area contributed by atoms with Gasteiger partial charge in [0.1, 0.15) is 5.69 Å². The molecule has 0 aliphatic rings. The molecular formula is C25H30N4S. The van der Waals surface area contributed by atoms with Crippen molar-refractivity contribution in [2.24, 2.45) is 0 Å². The highest BCUT2D eigenvalue weighted by Crippen LogP contribution is 2.40. The van der Waals surface area contributed by atoms with E-state index in [0.717, 1.165) is 53.4 Å². The lowest BCUT2D eigenvalue weighted by Gasteiger charge is -2.14. The first kappa shape index (κ1) is 20.7. The van der Waals surface area contributed by atoms with E-state index in [1.807, 2.05) is 13.0 Å². The van der Waals surface area contributed by atoms with Crippen LogP contribution in [-0.2, 0) is 6.42 Å². The van der Waals surface area contributed by atoms with Crippen LogP contribution in [0.4, 0.5) is 0 Å². The zero-order valence-corrected chi connectivity index (χ0v) is 19.6. The van der Waals surface area contributed by atoms with Gasteiger partial charge in [-0.3, -0.25) is 4.98 Å². The molecule has 0 saturated carbocycles. The zero-order valence-electron chi connectivity index (χ0n) is 18.8. The largest absolute Gasteiger partial charge is 0.252 e. The van der Waals surface area contributed by atoms with Gasteiger partial charge in [-0.1, -0.05) is 26.8 Å². The first-order valence-corrected chi connectivity index (χ1v) is 11.7. The third-order valence-electron chi connectivity index (χ3n) is 5.88. The average Bonchev–Trinajstić information content (AvgIpc) is 3.29. The minimum absolute atomic E-state index is 0.505. The molecule has 4 rings (SSSR count). The van der Waals surface area contributed by atoms with Crippen molar-refractivity contribution in [1.82, 2.24) is 19.6 Å². The molecule has 0 bridgehead atoms. The third kappa shape index (κ3) is 3.56. The van der Waals surface area contributed by atoms with Crippen molar-refractivity contribution in [1.29, 1.82) is 0 Å². The number of nitrogens with zero attached hydrogens (tertiary/aromatic N) is 4. The van der Waals surface area contributed by atoms with Crippen LogP contribution < -0.4 is 0 Å². The summed E-state index contributed by atoms with van der Waals surface area (Å²) in [6.07, 6.45) is 3.19. The number of imidazole rings is 1. The monoisotopic (exact) mass is 418 g/mol. The predicted octanol–water partition coefficient (Wildman–Crippen LogP) is 6.91. The number of thiophene rings is 1. The van der Waals surface area contributed by atoms with E-state index in [4.69, 9.17) is 15.1 Å². The Kier molecular flexibility index (Phi) is 5.74. The topological polar surface area (TPSA) is 43.1 Å². The van der Waals surface area contributed by atoms with Crippen molar-refractivity contribution < 1.29 is 0 Å². The van der Waals surface area contributed by atoms with E-state index in [0.29, 0.717) is 5.92 Å². The molecule has 0 aliphatic carbocycles. The number of hydrogen-bond acceptors (Lipinski definition) is 4. The Morgan fingerprint density at radius 2 is 1.73 bits per heavy atom. The normalized spacial score (nSPS) is 11.7. The van der Waals surface area contributed by atoms with Gasteiger partial charge in [0.25, 0.3) is 0 Å². The Bertz CT molecular complexity index is 1200. The Morgan fingerprint density at radius 1 is 0.967 bits per heavy atom. The Morgan fingerprint density at radius 3 is 2.40 bits per heavy atom. The smallest absolute Gasteiger partial charge is 0.158 e. The molecule has 156 valence electrons. The summed E-state index contributed by atoms with van der Waals surface area (Å²) in [5.41, 5.74) is 8.94. The lowest BCUT2D eigenvalue weighted by molar-refractivity contribution is 0.638. The maximum atomic E-state index is 5.01. The van der Waals surface area contributed by atoms with Gasteiger partial charge in [0, 0.05) is 11.3 Å². The summed E-state index contributed by atoms with van der Waals surface area (Å²) in [6.45, 7) is 13.0. The molecule has 4 aromatic rings. The predicted molar refractivity (Wildman–Crippen MR) is 126 cm³/mol. The van der Waals surface area contributed by atoms with Gasteiger partial charge in [-0.2, -0.15) is 5.10 Å². The molecule has 4 aromatic heterocycles. The molecule has 0 radical (unpaired) electrons. The fraction of sp³-hybridized carbons (Fsp3) is 0.400. The van der Waals surface area contributed by atoms with Gasteiger partial charge in [-0.05, 0) is 75.8 Å². The van der Waals surface area contributed by atoms with Gasteiger partial charge in [-0.25, -0.2) is 9.50 Å². The number of aromatic nitrogens is 4. The van der Waals surface area contributed by atoms with Gasteiger partial charge in [0.2, 0.25) is 0 Å². The molecule has 0 atom stereocenters. The maximum absolute atomic E-state index is 5.01. The van der Waals surface area contributed by atoms with Crippen molar-refractivity contribution in [2.75, 3.05) is 0 Å². The third-order valence-corrected chi connectivity index (χ3v) is 7.09. The quantitative estimate of drug-likeness (QED) is 0.342. The number of pyridine rings is 1. The number of hydrogen-bond donors (Lipinski definition) is 0. The molecule has 4 nitrogen and oxygen atoms in total. The Balaban J connectivity index is 1.95. The minimum atomic E-state index is 0.505. The van der Waals surface area contributed by atoms with Crippen molar-refractivity contribution in [2.45, 2.75) is 66.7 Å². The van der Waals surface area contributed by atoms with Crippen LogP contribution in [0.3, 0.4) is 0 Å². The summed E-state index contributed by atoms with van der Waals surface area (Å²) >= 11 is 1.80. The van der Waals surface area contributed by atoms with Gasteiger partial charge in [0.15, 0.2) is 5.65 Å². The van der Waals surface area contributed by atoms with E-state index in [9.17, 15) is 0 Å². The molecule has 0 N–H and O–H groups in total. The lowest BCUT2D eigenvalue weighted by Crippen LogP contribution is -2.05. The van der Waals surface area contributed by atoms with Gasteiger partial charge < -0.3 is 0 Å². The summed E-state index contributed by atoms with van der Waals surface area (Å²) in [5.74, 6) is 0.505. The Labute approximate surface area is 183 Å². The second kappa shape index (κ2) is 8.31. The van der Waals surface area contributed by atoms with E-state index in [1.165, 1.54) is 20.9 Å². The summed E-state index contributed by atoms with van der Waals surface area (Å²) in [4.78, 5) is 12.2. The van der Waals surface area contributed by atoms with E-state index in [2.05, 4.69) is 63.4 Å². The molecule has 0 aliphatic heterocycles. The number of rotatable bonds is 6. The molecule has 4 heterocycles. The van der Waals surface area contributed by atoms with Crippen LogP contribution in [0.25, 0.3) is 26.8 Å². The second-order valence-electron chi connectivity index (χ2n) is 8.02. The molecular weight excluding hydrogens is 388 g/mol. The molecule has 30 heavy (non-hydrogen) atoms. The van der Waals surface area contributed by atoms with Gasteiger partial charge >= 0.3 is 0 Å². The van der Waals surface area contributed by atoms with Crippen molar-refractivity contribution in [3.05, 3.63) is 58.5 Å². The van der Waals surface area contributed by atoms with Crippen molar-refractivity contribution in [3.63, 3.8) is 0 Å².